The van der Waals surface area contributed by atoms with Gasteiger partial charge in [0.1, 0.15) is 0 Å². The lowest BCUT2D eigenvalue weighted by atomic mass is 9.97. The molecule has 0 radical (unpaired) electrons. The van der Waals surface area contributed by atoms with Crippen molar-refractivity contribution in [3.63, 3.8) is 0 Å². The van der Waals surface area contributed by atoms with Gasteiger partial charge in [-0.1, -0.05) is 25.1 Å². The Balaban J connectivity index is 1.95. The van der Waals surface area contributed by atoms with Gasteiger partial charge in [-0.05, 0) is 36.8 Å². The van der Waals surface area contributed by atoms with Gasteiger partial charge in [-0.3, -0.25) is 4.79 Å². The predicted octanol–water partition coefficient (Wildman–Crippen LogP) is 2.65. The van der Waals surface area contributed by atoms with E-state index in [4.69, 9.17) is 0 Å². The summed E-state index contributed by atoms with van der Waals surface area (Å²) in [6, 6.07) is 7.70. The van der Waals surface area contributed by atoms with Crippen LogP contribution in [0.3, 0.4) is 0 Å². The largest absolute Gasteiger partial charge is 0.294 e. The SMILES string of the molecule is CCC(=O)c1cccc(CC[C@H]2CCS(=O)(=O)C2)c1. The Morgan fingerprint density at radius 1 is 1.37 bits per heavy atom. The number of benzene rings is 1. The number of carbonyl (C=O) groups is 1. The number of sulfone groups is 1. The van der Waals surface area contributed by atoms with Crippen molar-refractivity contribution >= 4 is 15.6 Å². The van der Waals surface area contributed by atoms with Crippen molar-refractivity contribution in [1.82, 2.24) is 0 Å². The first-order valence-electron chi connectivity index (χ1n) is 6.83. The summed E-state index contributed by atoms with van der Waals surface area (Å²) in [4.78, 5) is 11.6. The van der Waals surface area contributed by atoms with Crippen LogP contribution in [0.5, 0.6) is 0 Å². The third-order valence-electron chi connectivity index (χ3n) is 3.74. The minimum absolute atomic E-state index is 0.158. The van der Waals surface area contributed by atoms with Crippen LogP contribution in [0.4, 0.5) is 0 Å². The van der Waals surface area contributed by atoms with Crippen LogP contribution < -0.4 is 0 Å². The molecule has 0 spiro atoms. The topological polar surface area (TPSA) is 51.2 Å². The summed E-state index contributed by atoms with van der Waals surface area (Å²) < 4.78 is 22.8. The Morgan fingerprint density at radius 2 is 2.16 bits per heavy atom. The van der Waals surface area contributed by atoms with Gasteiger partial charge in [0.2, 0.25) is 0 Å². The van der Waals surface area contributed by atoms with Gasteiger partial charge in [-0.15, -0.1) is 0 Å². The van der Waals surface area contributed by atoms with Crippen molar-refractivity contribution < 1.29 is 13.2 Å². The van der Waals surface area contributed by atoms with Crippen LogP contribution in [0.15, 0.2) is 24.3 Å². The van der Waals surface area contributed by atoms with E-state index in [0.717, 1.165) is 30.4 Å². The summed E-state index contributed by atoms with van der Waals surface area (Å²) in [6.45, 7) is 1.86. The molecule has 1 fully saturated rings. The normalized spacial score (nSPS) is 21.4. The molecule has 19 heavy (non-hydrogen) atoms. The zero-order valence-corrected chi connectivity index (χ0v) is 12.1. The summed E-state index contributed by atoms with van der Waals surface area (Å²) in [5.74, 6) is 1.12. The van der Waals surface area contributed by atoms with E-state index in [-0.39, 0.29) is 11.7 Å². The number of hydrogen-bond acceptors (Lipinski definition) is 3. The fraction of sp³-hybridized carbons (Fsp3) is 0.533. The Morgan fingerprint density at radius 3 is 2.79 bits per heavy atom. The Hall–Kier alpha value is -1.16. The van der Waals surface area contributed by atoms with Crippen molar-refractivity contribution in [2.75, 3.05) is 11.5 Å². The lowest BCUT2D eigenvalue weighted by Crippen LogP contribution is -2.06. The molecule has 1 aliphatic heterocycles. The predicted molar refractivity (Wildman–Crippen MR) is 76.1 cm³/mol. The first-order valence-corrected chi connectivity index (χ1v) is 8.65. The molecule has 0 amide bonds. The number of aryl methyl sites for hydroxylation is 1. The molecule has 0 aliphatic carbocycles. The summed E-state index contributed by atoms with van der Waals surface area (Å²) >= 11 is 0. The molecule has 2 rings (SSSR count). The maximum absolute atomic E-state index is 11.6. The highest BCUT2D eigenvalue weighted by Crippen LogP contribution is 2.23. The number of carbonyl (C=O) groups excluding carboxylic acids is 1. The summed E-state index contributed by atoms with van der Waals surface area (Å²) in [7, 11) is -2.78. The first kappa shape index (κ1) is 14.3. The average Bonchev–Trinajstić information content (AvgIpc) is 2.75. The number of rotatable bonds is 5. The van der Waals surface area contributed by atoms with Crippen molar-refractivity contribution in [3.8, 4) is 0 Å². The first-order chi connectivity index (χ1) is 9.00. The van der Waals surface area contributed by atoms with Crippen molar-refractivity contribution in [2.24, 2.45) is 5.92 Å². The summed E-state index contributed by atoms with van der Waals surface area (Å²) in [5, 5.41) is 0. The molecular weight excluding hydrogens is 260 g/mol. The molecule has 104 valence electrons. The number of Topliss-reactive ketones (excluding diaryl/α,β-unsaturated/α-hetero) is 1. The molecule has 3 nitrogen and oxygen atoms in total. The van der Waals surface area contributed by atoms with Crippen LogP contribution in [0.25, 0.3) is 0 Å². The van der Waals surface area contributed by atoms with E-state index in [1.54, 1.807) is 0 Å². The van der Waals surface area contributed by atoms with E-state index in [1.807, 2.05) is 31.2 Å². The van der Waals surface area contributed by atoms with Gasteiger partial charge in [-0.2, -0.15) is 0 Å². The molecule has 0 saturated carbocycles. The zero-order valence-electron chi connectivity index (χ0n) is 11.3. The molecule has 1 aromatic carbocycles. The van der Waals surface area contributed by atoms with Crippen molar-refractivity contribution in [1.29, 1.82) is 0 Å². The molecule has 1 heterocycles. The molecule has 4 heteroatoms. The van der Waals surface area contributed by atoms with E-state index in [2.05, 4.69) is 0 Å². The molecule has 1 saturated heterocycles. The minimum atomic E-state index is -2.78. The van der Waals surface area contributed by atoms with Crippen LogP contribution in [0.2, 0.25) is 0 Å². The number of ketones is 1. The Bertz CT molecular complexity index is 561. The fourth-order valence-electron chi connectivity index (χ4n) is 2.57. The van der Waals surface area contributed by atoms with E-state index >= 15 is 0 Å². The smallest absolute Gasteiger partial charge is 0.162 e. The maximum atomic E-state index is 11.6. The molecule has 1 atom stereocenters. The van der Waals surface area contributed by atoms with Gasteiger partial charge in [0.25, 0.3) is 0 Å². The number of hydrogen-bond donors (Lipinski definition) is 0. The van der Waals surface area contributed by atoms with Crippen molar-refractivity contribution in [2.45, 2.75) is 32.6 Å². The Labute approximate surface area is 114 Å². The molecule has 0 bridgehead atoms. The van der Waals surface area contributed by atoms with E-state index in [0.29, 0.717) is 17.9 Å². The average molecular weight is 280 g/mol. The van der Waals surface area contributed by atoms with Crippen LogP contribution in [0.1, 0.15) is 42.1 Å². The van der Waals surface area contributed by atoms with Gasteiger partial charge in [-0.25, -0.2) is 8.42 Å². The van der Waals surface area contributed by atoms with Gasteiger partial charge in [0.15, 0.2) is 15.6 Å². The molecular formula is C15H20O3S. The minimum Gasteiger partial charge on any atom is -0.294 e. The maximum Gasteiger partial charge on any atom is 0.162 e. The molecule has 1 aromatic rings. The fourth-order valence-corrected chi connectivity index (χ4v) is 4.49. The quantitative estimate of drug-likeness (QED) is 0.779. The highest BCUT2D eigenvalue weighted by molar-refractivity contribution is 7.91. The lowest BCUT2D eigenvalue weighted by Gasteiger charge is -2.08. The molecule has 0 aromatic heterocycles. The van der Waals surface area contributed by atoms with Crippen LogP contribution >= 0.6 is 0 Å². The molecule has 1 aliphatic rings. The van der Waals surface area contributed by atoms with E-state index in [9.17, 15) is 13.2 Å². The highest BCUT2D eigenvalue weighted by atomic mass is 32.2. The van der Waals surface area contributed by atoms with Gasteiger partial charge in [0.05, 0.1) is 11.5 Å². The van der Waals surface area contributed by atoms with Crippen LogP contribution in [-0.2, 0) is 16.3 Å². The second-order valence-electron chi connectivity index (χ2n) is 5.28. The standard InChI is InChI=1S/C15H20O3S/c1-2-15(16)14-5-3-4-12(10-14)6-7-13-8-9-19(17,18)11-13/h3-5,10,13H,2,6-9,11H2,1H3/t13-/m0/s1. The van der Waals surface area contributed by atoms with Gasteiger partial charge in [0, 0.05) is 12.0 Å². The summed E-state index contributed by atoms with van der Waals surface area (Å²) in [6.07, 6.45) is 3.05. The highest BCUT2D eigenvalue weighted by Gasteiger charge is 2.27. The van der Waals surface area contributed by atoms with E-state index < -0.39 is 9.84 Å². The third-order valence-corrected chi connectivity index (χ3v) is 5.58. The van der Waals surface area contributed by atoms with E-state index in [1.165, 1.54) is 0 Å². The second kappa shape index (κ2) is 5.87. The third kappa shape index (κ3) is 3.90. The monoisotopic (exact) mass is 280 g/mol. The van der Waals surface area contributed by atoms with Crippen LogP contribution in [0, 0.1) is 5.92 Å². The second-order valence-corrected chi connectivity index (χ2v) is 7.51. The zero-order chi connectivity index (χ0) is 13.9. The van der Waals surface area contributed by atoms with Crippen LogP contribution in [-0.4, -0.2) is 25.7 Å². The van der Waals surface area contributed by atoms with Crippen molar-refractivity contribution in [3.05, 3.63) is 35.4 Å². The molecule has 0 unspecified atom stereocenters. The van der Waals surface area contributed by atoms with Gasteiger partial charge < -0.3 is 0 Å². The lowest BCUT2D eigenvalue weighted by molar-refractivity contribution is 0.0988. The Kier molecular flexibility index (Phi) is 4.40. The van der Waals surface area contributed by atoms with Gasteiger partial charge >= 0.3 is 0 Å². The molecule has 0 N–H and O–H groups in total. The summed E-state index contributed by atoms with van der Waals surface area (Å²) in [5.41, 5.74) is 1.89.